The van der Waals surface area contributed by atoms with E-state index < -0.39 is 4.92 Å². The molecule has 0 bridgehead atoms. The van der Waals surface area contributed by atoms with E-state index >= 15 is 0 Å². The number of rotatable bonds is 3. The van der Waals surface area contributed by atoms with Gasteiger partial charge < -0.3 is 15.2 Å². The van der Waals surface area contributed by atoms with E-state index in [0.29, 0.717) is 5.56 Å². The number of aromatic nitrogens is 1. The topological polar surface area (TPSA) is 68.3 Å². The van der Waals surface area contributed by atoms with E-state index in [9.17, 15) is 10.1 Å². The second-order valence-corrected chi connectivity index (χ2v) is 2.45. The second kappa shape index (κ2) is 3.74. The molecule has 13 heavy (non-hydrogen) atoms. The molecule has 0 amide bonds. The Morgan fingerprint density at radius 3 is 2.92 bits per heavy atom. The minimum atomic E-state index is -0.531. The first kappa shape index (κ1) is 9.29. The van der Waals surface area contributed by atoms with E-state index in [2.05, 4.69) is 5.92 Å². The maximum atomic E-state index is 10.5. The van der Waals surface area contributed by atoms with Crippen LogP contribution in [-0.4, -0.2) is 14.6 Å². The van der Waals surface area contributed by atoms with Crippen molar-refractivity contribution in [2.75, 3.05) is 0 Å². The van der Waals surface area contributed by atoms with E-state index in [-0.39, 0.29) is 19.0 Å². The van der Waals surface area contributed by atoms with Crippen molar-refractivity contribution in [3.63, 3.8) is 0 Å². The highest BCUT2D eigenvalue weighted by Crippen LogP contribution is 2.16. The summed E-state index contributed by atoms with van der Waals surface area (Å²) >= 11 is 0. The Hall–Kier alpha value is -1.80. The molecule has 68 valence electrons. The maximum absolute atomic E-state index is 10.5. The fourth-order valence-corrected chi connectivity index (χ4v) is 1.02. The lowest BCUT2D eigenvalue weighted by Crippen LogP contribution is -1.99. The largest absolute Gasteiger partial charge is 0.392 e. The van der Waals surface area contributed by atoms with Crippen LogP contribution < -0.4 is 0 Å². The molecule has 1 N–H and O–H groups in total. The van der Waals surface area contributed by atoms with Gasteiger partial charge in [0.15, 0.2) is 6.54 Å². The highest BCUT2D eigenvalue weighted by molar-refractivity contribution is 5.29. The molecule has 0 radical (unpaired) electrons. The highest BCUT2D eigenvalue weighted by atomic mass is 16.6. The lowest BCUT2D eigenvalue weighted by atomic mass is 10.4. The third kappa shape index (κ3) is 1.86. The molecule has 1 aromatic heterocycles. The van der Waals surface area contributed by atoms with Crippen LogP contribution in [-0.2, 0) is 13.2 Å². The molecule has 0 aliphatic carbocycles. The van der Waals surface area contributed by atoms with Crippen LogP contribution in [0.15, 0.2) is 12.3 Å². The van der Waals surface area contributed by atoms with Gasteiger partial charge in [-0.1, -0.05) is 5.92 Å². The van der Waals surface area contributed by atoms with Gasteiger partial charge in [-0.15, -0.1) is 6.42 Å². The van der Waals surface area contributed by atoms with Gasteiger partial charge in [0.25, 0.3) is 0 Å². The summed E-state index contributed by atoms with van der Waals surface area (Å²) in [6.07, 6.45) is 6.49. The lowest BCUT2D eigenvalue weighted by Gasteiger charge is -1.94. The van der Waals surface area contributed by atoms with Crippen molar-refractivity contribution >= 4 is 5.82 Å². The minimum Gasteiger partial charge on any atom is -0.392 e. The molecule has 0 aliphatic rings. The molecular formula is C8H8N2O3. The summed E-state index contributed by atoms with van der Waals surface area (Å²) in [4.78, 5) is 9.93. The zero-order valence-electron chi connectivity index (χ0n) is 6.80. The number of aliphatic hydroxyl groups excluding tert-OH is 1. The summed E-state index contributed by atoms with van der Waals surface area (Å²) in [5.41, 5.74) is 0.488. The van der Waals surface area contributed by atoms with Crippen molar-refractivity contribution in [3.8, 4) is 12.3 Å². The molecule has 1 heterocycles. The fraction of sp³-hybridized carbons (Fsp3) is 0.250. The van der Waals surface area contributed by atoms with E-state index in [1.807, 2.05) is 0 Å². The Balaban J connectivity index is 3.09. The van der Waals surface area contributed by atoms with Gasteiger partial charge in [-0.2, -0.15) is 0 Å². The average molecular weight is 180 g/mol. The first-order valence-corrected chi connectivity index (χ1v) is 3.56. The SMILES string of the molecule is C#CCn1cc(CO)cc1[N+](=O)[O-]. The lowest BCUT2D eigenvalue weighted by molar-refractivity contribution is -0.391. The Morgan fingerprint density at radius 2 is 2.46 bits per heavy atom. The second-order valence-electron chi connectivity index (χ2n) is 2.45. The molecule has 5 heteroatoms. The van der Waals surface area contributed by atoms with Gasteiger partial charge in [-0.05, 0) is 4.92 Å². The Labute approximate surface area is 74.8 Å². The Kier molecular flexibility index (Phi) is 2.67. The molecule has 0 aliphatic heterocycles. The van der Waals surface area contributed by atoms with E-state index in [1.165, 1.54) is 16.8 Å². The van der Waals surface area contributed by atoms with Crippen molar-refractivity contribution < 1.29 is 10.0 Å². The monoisotopic (exact) mass is 180 g/mol. The van der Waals surface area contributed by atoms with Crippen molar-refractivity contribution in [2.45, 2.75) is 13.2 Å². The quantitative estimate of drug-likeness (QED) is 0.419. The van der Waals surface area contributed by atoms with Gasteiger partial charge >= 0.3 is 5.82 Å². The number of nitrogens with zero attached hydrogens (tertiary/aromatic N) is 2. The van der Waals surface area contributed by atoms with Gasteiger partial charge in [-0.25, -0.2) is 4.57 Å². The normalized spacial score (nSPS) is 9.54. The summed E-state index contributed by atoms with van der Waals surface area (Å²) in [6, 6.07) is 1.30. The van der Waals surface area contributed by atoms with Crippen LogP contribution >= 0.6 is 0 Å². The summed E-state index contributed by atoms with van der Waals surface area (Å²) in [5.74, 6) is 2.20. The number of aliphatic hydroxyl groups is 1. The molecule has 0 fully saturated rings. The van der Waals surface area contributed by atoms with Crippen molar-refractivity contribution in [1.29, 1.82) is 0 Å². The molecule has 1 aromatic rings. The van der Waals surface area contributed by atoms with Gasteiger partial charge in [-0.3, -0.25) is 0 Å². The van der Waals surface area contributed by atoms with Gasteiger partial charge in [0.1, 0.15) is 0 Å². The van der Waals surface area contributed by atoms with Crippen molar-refractivity contribution in [2.24, 2.45) is 0 Å². The summed E-state index contributed by atoms with van der Waals surface area (Å²) < 4.78 is 1.31. The van der Waals surface area contributed by atoms with Gasteiger partial charge in [0.2, 0.25) is 0 Å². The molecule has 0 saturated heterocycles. The standard InChI is InChI=1S/C8H8N2O3/c1-2-3-9-5-7(6-11)4-8(9)10(12)13/h1,4-5,11H,3,6H2. The van der Waals surface area contributed by atoms with Crippen LogP contribution in [0.2, 0.25) is 0 Å². The number of terminal acetylenes is 1. The van der Waals surface area contributed by atoms with Crippen molar-refractivity contribution in [1.82, 2.24) is 4.57 Å². The first-order valence-electron chi connectivity index (χ1n) is 3.56. The molecule has 1 rings (SSSR count). The molecule has 0 saturated carbocycles. The Morgan fingerprint density at radius 1 is 1.77 bits per heavy atom. The predicted molar refractivity (Wildman–Crippen MR) is 45.8 cm³/mol. The third-order valence-electron chi connectivity index (χ3n) is 1.56. The van der Waals surface area contributed by atoms with Gasteiger partial charge in [0.05, 0.1) is 12.8 Å². The van der Waals surface area contributed by atoms with Crippen LogP contribution in [0.4, 0.5) is 5.82 Å². The molecule has 0 atom stereocenters. The molecular weight excluding hydrogens is 172 g/mol. The van der Waals surface area contributed by atoms with E-state index in [0.717, 1.165) is 0 Å². The smallest absolute Gasteiger partial charge is 0.324 e. The zero-order valence-corrected chi connectivity index (χ0v) is 6.80. The fourth-order valence-electron chi connectivity index (χ4n) is 1.02. The highest BCUT2D eigenvalue weighted by Gasteiger charge is 2.14. The summed E-state index contributed by atoms with van der Waals surface area (Å²) in [7, 11) is 0. The maximum Gasteiger partial charge on any atom is 0.324 e. The first-order chi connectivity index (χ1) is 6.19. The van der Waals surface area contributed by atoms with Crippen LogP contribution in [0.3, 0.4) is 0 Å². The minimum absolute atomic E-state index is 0.0954. The summed E-state index contributed by atoms with van der Waals surface area (Å²) in [6.45, 7) is -0.0886. The van der Waals surface area contributed by atoms with E-state index in [4.69, 9.17) is 11.5 Å². The van der Waals surface area contributed by atoms with Crippen LogP contribution in [0.25, 0.3) is 0 Å². The summed E-state index contributed by atoms with van der Waals surface area (Å²) in [5, 5.41) is 19.2. The average Bonchev–Trinajstić information content (AvgIpc) is 2.48. The number of hydrogen-bond donors (Lipinski definition) is 1. The molecule has 0 aromatic carbocycles. The molecule has 0 unspecified atom stereocenters. The molecule has 5 nitrogen and oxygen atoms in total. The number of nitro groups is 1. The Bertz CT molecular complexity index is 362. The van der Waals surface area contributed by atoms with Crippen LogP contribution in [0.1, 0.15) is 5.56 Å². The predicted octanol–water partition coefficient (Wildman–Crippen LogP) is 0.522. The molecule has 0 spiro atoms. The van der Waals surface area contributed by atoms with Crippen LogP contribution in [0.5, 0.6) is 0 Å². The zero-order chi connectivity index (χ0) is 9.84. The third-order valence-corrected chi connectivity index (χ3v) is 1.56. The van der Waals surface area contributed by atoms with Crippen LogP contribution in [0, 0.1) is 22.5 Å². The number of hydrogen-bond acceptors (Lipinski definition) is 3. The van der Waals surface area contributed by atoms with E-state index in [1.54, 1.807) is 0 Å². The van der Waals surface area contributed by atoms with Crippen molar-refractivity contribution in [3.05, 3.63) is 27.9 Å². The van der Waals surface area contributed by atoms with Gasteiger partial charge in [0, 0.05) is 11.6 Å².